The molecule has 0 fully saturated rings. The lowest BCUT2D eigenvalue weighted by atomic mass is 9.80. The summed E-state index contributed by atoms with van der Waals surface area (Å²) in [5.74, 6) is 0. The van der Waals surface area contributed by atoms with Gasteiger partial charge in [0, 0.05) is 11.6 Å². The number of aryl methyl sites for hydroxylation is 2. The Balaban J connectivity index is 1.95. The SMILES string of the molecule is Cc1c(-c2cc(-c3ccc(CC(C)(C)C)cc3)c([N+](=O)[O-])c[n+]2C)cc(C(C)(C)C)c2ccccc12. The van der Waals surface area contributed by atoms with E-state index in [4.69, 9.17) is 0 Å². The van der Waals surface area contributed by atoms with Crippen molar-refractivity contribution in [3.8, 4) is 22.4 Å². The van der Waals surface area contributed by atoms with Crippen LogP contribution >= 0.6 is 0 Å². The Bertz CT molecular complexity index is 1450. The van der Waals surface area contributed by atoms with E-state index in [0.717, 1.165) is 23.2 Å². The summed E-state index contributed by atoms with van der Waals surface area (Å²) in [6, 6.07) is 21.0. The molecular formula is C32H37N2O2+. The Morgan fingerprint density at radius 3 is 2.03 bits per heavy atom. The molecule has 0 aliphatic heterocycles. The molecule has 0 atom stereocenters. The molecule has 0 aliphatic rings. The first-order valence-corrected chi connectivity index (χ1v) is 12.6. The first-order chi connectivity index (χ1) is 16.8. The highest BCUT2D eigenvalue weighted by Gasteiger charge is 2.27. The molecule has 1 aromatic heterocycles. The average Bonchev–Trinajstić information content (AvgIpc) is 2.78. The highest BCUT2D eigenvalue weighted by Crippen LogP contribution is 2.39. The lowest BCUT2D eigenvalue weighted by Crippen LogP contribution is -2.31. The number of hydrogen-bond acceptors (Lipinski definition) is 2. The fourth-order valence-corrected chi connectivity index (χ4v) is 5.10. The monoisotopic (exact) mass is 481 g/mol. The third-order valence-corrected chi connectivity index (χ3v) is 6.85. The van der Waals surface area contributed by atoms with Crippen LogP contribution in [0, 0.1) is 22.5 Å². The Kier molecular flexibility index (Phi) is 6.51. The zero-order chi connectivity index (χ0) is 26.4. The van der Waals surface area contributed by atoms with Crippen LogP contribution in [0.4, 0.5) is 5.69 Å². The van der Waals surface area contributed by atoms with Crippen LogP contribution in [0.3, 0.4) is 0 Å². The van der Waals surface area contributed by atoms with E-state index in [0.29, 0.717) is 5.56 Å². The maximum Gasteiger partial charge on any atom is 0.340 e. The van der Waals surface area contributed by atoms with Crippen molar-refractivity contribution in [1.29, 1.82) is 0 Å². The fraction of sp³-hybridized carbons (Fsp3) is 0.344. The van der Waals surface area contributed by atoms with Crippen LogP contribution in [0.2, 0.25) is 0 Å². The lowest BCUT2D eigenvalue weighted by molar-refractivity contribution is -0.663. The maximum atomic E-state index is 12.1. The highest BCUT2D eigenvalue weighted by atomic mass is 16.6. The van der Waals surface area contributed by atoms with Crippen molar-refractivity contribution < 1.29 is 9.49 Å². The molecule has 0 bridgehead atoms. The average molecular weight is 482 g/mol. The minimum Gasteiger partial charge on any atom is -0.258 e. The fourth-order valence-electron chi connectivity index (χ4n) is 5.10. The second kappa shape index (κ2) is 9.16. The predicted molar refractivity (Wildman–Crippen MR) is 149 cm³/mol. The van der Waals surface area contributed by atoms with Crippen molar-refractivity contribution in [2.45, 2.75) is 60.3 Å². The van der Waals surface area contributed by atoms with Gasteiger partial charge in [0.1, 0.15) is 7.05 Å². The second-order valence-electron chi connectivity index (χ2n) is 12.2. The van der Waals surface area contributed by atoms with Gasteiger partial charge in [-0.1, -0.05) is 90.1 Å². The Hall–Kier alpha value is -3.53. The van der Waals surface area contributed by atoms with Crippen LogP contribution in [0.1, 0.15) is 58.2 Å². The van der Waals surface area contributed by atoms with Gasteiger partial charge in [0.15, 0.2) is 0 Å². The summed E-state index contributed by atoms with van der Waals surface area (Å²) in [6.07, 6.45) is 2.61. The number of nitro groups is 1. The third kappa shape index (κ3) is 5.04. The van der Waals surface area contributed by atoms with Gasteiger partial charge < -0.3 is 0 Å². The minimum absolute atomic E-state index is 0.0485. The van der Waals surface area contributed by atoms with Gasteiger partial charge in [-0.05, 0) is 63.3 Å². The standard InChI is InChI=1S/C32H37N2O2/c1-21-24-11-9-10-12-25(24)28(32(5,6)7)17-26(21)29-18-27(30(34(35)36)20-33(29)8)23-15-13-22(14-16-23)19-31(2,3)4/h9-18,20H,19H2,1-8H3/q+1. The molecule has 0 saturated carbocycles. The summed E-state index contributed by atoms with van der Waals surface area (Å²) in [5, 5.41) is 14.5. The third-order valence-electron chi connectivity index (χ3n) is 6.85. The van der Waals surface area contributed by atoms with Crippen molar-refractivity contribution in [2.24, 2.45) is 12.5 Å². The molecule has 4 heteroatoms. The quantitative estimate of drug-likeness (QED) is 0.168. The van der Waals surface area contributed by atoms with Gasteiger partial charge in [0.2, 0.25) is 11.9 Å². The molecule has 0 unspecified atom stereocenters. The largest absolute Gasteiger partial charge is 0.340 e. The van der Waals surface area contributed by atoms with Gasteiger partial charge in [-0.2, -0.15) is 4.57 Å². The summed E-state index contributed by atoms with van der Waals surface area (Å²) < 4.78 is 1.89. The van der Waals surface area contributed by atoms with Crippen molar-refractivity contribution >= 4 is 16.5 Å². The molecule has 0 saturated heterocycles. The van der Waals surface area contributed by atoms with Crippen LogP contribution < -0.4 is 4.57 Å². The normalized spacial score (nSPS) is 12.2. The summed E-state index contributed by atoms with van der Waals surface area (Å²) in [6.45, 7) is 15.5. The van der Waals surface area contributed by atoms with Crippen molar-refractivity contribution in [3.63, 3.8) is 0 Å². The molecule has 186 valence electrons. The van der Waals surface area contributed by atoms with Crippen LogP contribution in [0.15, 0.2) is 66.9 Å². The van der Waals surface area contributed by atoms with E-state index in [9.17, 15) is 10.1 Å². The molecule has 4 rings (SSSR count). The molecule has 0 radical (unpaired) electrons. The van der Waals surface area contributed by atoms with Gasteiger partial charge in [0.25, 0.3) is 0 Å². The zero-order valence-electron chi connectivity index (χ0n) is 22.8. The van der Waals surface area contributed by atoms with Crippen LogP contribution in [0.5, 0.6) is 0 Å². The number of pyridine rings is 1. The van der Waals surface area contributed by atoms with Crippen molar-refractivity contribution in [1.82, 2.24) is 0 Å². The molecule has 4 aromatic rings. The van der Waals surface area contributed by atoms with E-state index in [2.05, 4.69) is 90.9 Å². The molecule has 0 spiro atoms. The molecule has 0 N–H and O–H groups in total. The zero-order valence-corrected chi connectivity index (χ0v) is 22.8. The summed E-state index contributed by atoms with van der Waals surface area (Å²) in [7, 11) is 1.89. The minimum atomic E-state index is -0.282. The number of fused-ring (bicyclic) bond motifs is 1. The van der Waals surface area contributed by atoms with Crippen molar-refractivity contribution in [2.75, 3.05) is 0 Å². The number of aromatic nitrogens is 1. The Labute approximate surface area is 214 Å². The Morgan fingerprint density at radius 2 is 1.47 bits per heavy atom. The Morgan fingerprint density at radius 1 is 0.861 bits per heavy atom. The molecular weight excluding hydrogens is 444 g/mol. The smallest absolute Gasteiger partial charge is 0.258 e. The number of rotatable bonds is 4. The highest BCUT2D eigenvalue weighted by molar-refractivity contribution is 5.94. The maximum absolute atomic E-state index is 12.1. The van der Waals surface area contributed by atoms with E-state index in [1.807, 2.05) is 29.8 Å². The first kappa shape index (κ1) is 25.6. The number of nitrogens with zero attached hydrogens (tertiary/aromatic N) is 2. The van der Waals surface area contributed by atoms with Crippen molar-refractivity contribution in [3.05, 3.63) is 93.7 Å². The molecule has 0 aliphatic carbocycles. The summed E-state index contributed by atoms with van der Waals surface area (Å²) >= 11 is 0. The molecule has 4 nitrogen and oxygen atoms in total. The van der Waals surface area contributed by atoms with E-state index in [-0.39, 0.29) is 21.4 Å². The predicted octanol–water partition coefficient (Wildman–Crippen LogP) is 8.10. The van der Waals surface area contributed by atoms with Crippen LogP contribution in [-0.4, -0.2) is 4.92 Å². The van der Waals surface area contributed by atoms with Gasteiger partial charge in [-0.3, -0.25) is 10.1 Å². The van der Waals surface area contributed by atoms with E-state index in [1.165, 1.54) is 27.5 Å². The van der Waals surface area contributed by atoms with Gasteiger partial charge in [-0.15, -0.1) is 0 Å². The number of benzene rings is 3. The molecule has 1 heterocycles. The van der Waals surface area contributed by atoms with Gasteiger partial charge >= 0.3 is 5.69 Å². The summed E-state index contributed by atoms with van der Waals surface area (Å²) in [4.78, 5) is 11.8. The van der Waals surface area contributed by atoms with Gasteiger partial charge in [0.05, 0.1) is 10.5 Å². The van der Waals surface area contributed by atoms with Crippen LogP contribution in [-0.2, 0) is 18.9 Å². The van der Waals surface area contributed by atoms with E-state index >= 15 is 0 Å². The van der Waals surface area contributed by atoms with E-state index in [1.54, 1.807) is 6.20 Å². The lowest BCUT2D eigenvalue weighted by Gasteiger charge is -2.24. The molecule has 0 amide bonds. The van der Waals surface area contributed by atoms with E-state index < -0.39 is 0 Å². The molecule has 36 heavy (non-hydrogen) atoms. The van der Waals surface area contributed by atoms with Crippen LogP contribution in [0.25, 0.3) is 33.2 Å². The summed E-state index contributed by atoms with van der Waals surface area (Å²) in [5.41, 5.74) is 7.47. The molecule has 3 aromatic carbocycles. The first-order valence-electron chi connectivity index (χ1n) is 12.6. The topological polar surface area (TPSA) is 47.0 Å². The second-order valence-corrected chi connectivity index (χ2v) is 12.2. The number of hydrogen-bond donors (Lipinski definition) is 0. The van der Waals surface area contributed by atoms with Gasteiger partial charge in [-0.25, -0.2) is 0 Å².